The van der Waals surface area contributed by atoms with E-state index in [9.17, 15) is 0 Å². The van der Waals surface area contributed by atoms with Crippen molar-refractivity contribution < 1.29 is 4.74 Å². The molecule has 0 spiro atoms. The molecule has 0 radical (unpaired) electrons. The van der Waals surface area contributed by atoms with Crippen LogP contribution < -0.4 is 10.5 Å². The first-order valence-corrected chi connectivity index (χ1v) is 5.48. The Labute approximate surface area is 92.4 Å². The van der Waals surface area contributed by atoms with Crippen LogP contribution in [0.2, 0.25) is 0 Å². The van der Waals surface area contributed by atoms with Crippen LogP contribution in [0.15, 0.2) is 6.07 Å². The smallest absolute Gasteiger partial charge is 0.125 e. The average Bonchev–Trinajstić information content (AvgIpc) is 2.18. The van der Waals surface area contributed by atoms with Crippen LogP contribution >= 0.6 is 0 Å². The molecule has 0 aliphatic carbocycles. The zero-order chi connectivity index (χ0) is 11.6. The fourth-order valence-corrected chi connectivity index (χ4v) is 1.93. The Bertz CT molecular complexity index is 356. The molecule has 0 heterocycles. The number of hydrogen-bond acceptors (Lipinski definition) is 2. The lowest BCUT2D eigenvalue weighted by Crippen LogP contribution is -2.09. The Kier molecular flexibility index (Phi) is 3.75. The Morgan fingerprint density at radius 2 is 1.87 bits per heavy atom. The van der Waals surface area contributed by atoms with Crippen molar-refractivity contribution in [2.24, 2.45) is 5.73 Å². The number of ether oxygens (including phenoxy) is 1. The molecule has 0 aliphatic heterocycles. The van der Waals surface area contributed by atoms with E-state index in [1.165, 1.54) is 22.3 Å². The third-order valence-electron chi connectivity index (χ3n) is 2.85. The summed E-state index contributed by atoms with van der Waals surface area (Å²) in [6, 6.07) is 2.22. The normalized spacial score (nSPS) is 12.7. The Hall–Kier alpha value is -1.02. The van der Waals surface area contributed by atoms with Crippen LogP contribution in [-0.2, 0) is 0 Å². The molecule has 2 N–H and O–H groups in total. The predicted octanol–water partition coefficient (Wildman–Crippen LogP) is 3.03. The molecule has 0 saturated heterocycles. The molecule has 0 fully saturated rings. The molecule has 1 atom stereocenters. The first-order valence-electron chi connectivity index (χ1n) is 5.48. The van der Waals surface area contributed by atoms with E-state index in [-0.39, 0.29) is 6.04 Å². The third kappa shape index (κ3) is 2.32. The van der Waals surface area contributed by atoms with E-state index in [1.807, 2.05) is 13.8 Å². The molecule has 84 valence electrons. The zero-order valence-corrected chi connectivity index (χ0v) is 10.3. The Morgan fingerprint density at radius 3 is 2.33 bits per heavy atom. The van der Waals surface area contributed by atoms with Gasteiger partial charge in [0.25, 0.3) is 0 Å². The number of benzene rings is 1. The highest BCUT2D eigenvalue weighted by atomic mass is 16.5. The van der Waals surface area contributed by atoms with Gasteiger partial charge in [0, 0.05) is 6.04 Å². The quantitative estimate of drug-likeness (QED) is 0.826. The van der Waals surface area contributed by atoms with Crippen LogP contribution in [0, 0.1) is 20.8 Å². The van der Waals surface area contributed by atoms with E-state index in [0.717, 1.165) is 5.75 Å². The minimum atomic E-state index is 0.0816. The molecule has 1 unspecified atom stereocenters. The van der Waals surface area contributed by atoms with Crippen LogP contribution in [0.25, 0.3) is 0 Å². The molecule has 0 saturated carbocycles. The van der Waals surface area contributed by atoms with Gasteiger partial charge in [-0.2, -0.15) is 0 Å². The zero-order valence-electron chi connectivity index (χ0n) is 10.3. The van der Waals surface area contributed by atoms with Gasteiger partial charge in [-0.3, -0.25) is 0 Å². The largest absolute Gasteiger partial charge is 0.493 e. The Morgan fingerprint density at radius 1 is 1.27 bits per heavy atom. The van der Waals surface area contributed by atoms with Gasteiger partial charge in [-0.25, -0.2) is 0 Å². The van der Waals surface area contributed by atoms with Crippen molar-refractivity contribution >= 4 is 0 Å². The van der Waals surface area contributed by atoms with Crippen LogP contribution in [0.3, 0.4) is 0 Å². The van der Waals surface area contributed by atoms with E-state index in [0.29, 0.717) is 6.61 Å². The molecule has 1 aromatic carbocycles. The summed E-state index contributed by atoms with van der Waals surface area (Å²) in [5.41, 5.74) is 10.8. The highest BCUT2D eigenvalue weighted by molar-refractivity contribution is 5.49. The maximum absolute atomic E-state index is 5.94. The van der Waals surface area contributed by atoms with Gasteiger partial charge in [-0.05, 0) is 56.9 Å². The van der Waals surface area contributed by atoms with E-state index < -0.39 is 0 Å². The van der Waals surface area contributed by atoms with Gasteiger partial charge in [-0.15, -0.1) is 0 Å². The molecule has 0 bridgehead atoms. The number of rotatable bonds is 3. The lowest BCUT2D eigenvalue weighted by Gasteiger charge is -2.18. The molecule has 2 nitrogen and oxygen atoms in total. The molecule has 2 heteroatoms. The van der Waals surface area contributed by atoms with Crippen molar-refractivity contribution in [3.8, 4) is 5.75 Å². The van der Waals surface area contributed by atoms with Crippen molar-refractivity contribution in [3.05, 3.63) is 28.3 Å². The summed E-state index contributed by atoms with van der Waals surface area (Å²) >= 11 is 0. The van der Waals surface area contributed by atoms with Crippen molar-refractivity contribution in [3.63, 3.8) is 0 Å². The lowest BCUT2D eigenvalue weighted by molar-refractivity contribution is 0.335. The highest BCUT2D eigenvalue weighted by Gasteiger charge is 2.12. The summed E-state index contributed by atoms with van der Waals surface area (Å²) in [6.07, 6.45) is 0. The molecular formula is C13H21NO. The minimum absolute atomic E-state index is 0.0816. The summed E-state index contributed by atoms with van der Waals surface area (Å²) in [5, 5.41) is 0. The van der Waals surface area contributed by atoms with Crippen LogP contribution in [0.4, 0.5) is 0 Å². The number of hydrogen-bond donors (Lipinski definition) is 1. The van der Waals surface area contributed by atoms with E-state index in [1.54, 1.807) is 0 Å². The predicted molar refractivity (Wildman–Crippen MR) is 64.4 cm³/mol. The van der Waals surface area contributed by atoms with E-state index in [4.69, 9.17) is 10.5 Å². The molecule has 1 rings (SSSR count). The van der Waals surface area contributed by atoms with Gasteiger partial charge < -0.3 is 10.5 Å². The molecule has 15 heavy (non-hydrogen) atoms. The summed E-state index contributed by atoms with van der Waals surface area (Å²) in [4.78, 5) is 0. The summed E-state index contributed by atoms with van der Waals surface area (Å²) < 4.78 is 5.64. The Balaban J connectivity index is 3.31. The second kappa shape index (κ2) is 4.67. The summed E-state index contributed by atoms with van der Waals surface area (Å²) in [5.74, 6) is 1.01. The SMILES string of the molecule is CCOc1c(C)cc(C(C)N)c(C)c1C. The van der Waals surface area contributed by atoms with Gasteiger partial charge in [0.05, 0.1) is 6.61 Å². The molecule has 1 aromatic rings. The van der Waals surface area contributed by atoms with Gasteiger partial charge >= 0.3 is 0 Å². The van der Waals surface area contributed by atoms with Crippen LogP contribution in [-0.4, -0.2) is 6.61 Å². The third-order valence-corrected chi connectivity index (χ3v) is 2.85. The number of aryl methyl sites for hydroxylation is 1. The van der Waals surface area contributed by atoms with Crippen molar-refractivity contribution in [1.82, 2.24) is 0 Å². The molecule has 0 aliphatic rings. The standard InChI is InChI=1S/C13H21NO/c1-6-15-13-8(2)7-12(11(5)14)9(3)10(13)4/h7,11H,6,14H2,1-5H3. The molecular weight excluding hydrogens is 186 g/mol. The van der Waals surface area contributed by atoms with Crippen LogP contribution in [0.1, 0.15) is 42.1 Å². The van der Waals surface area contributed by atoms with Crippen molar-refractivity contribution in [2.45, 2.75) is 40.7 Å². The lowest BCUT2D eigenvalue weighted by atomic mass is 9.95. The van der Waals surface area contributed by atoms with Gasteiger partial charge in [-0.1, -0.05) is 6.07 Å². The fraction of sp³-hybridized carbons (Fsp3) is 0.538. The summed E-state index contributed by atoms with van der Waals surface area (Å²) in [6.45, 7) is 11.0. The van der Waals surface area contributed by atoms with Gasteiger partial charge in [0.15, 0.2) is 0 Å². The monoisotopic (exact) mass is 207 g/mol. The van der Waals surface area contributed by atoms with E-state index >= 15 is 0 Å². The van der Waals surface area contributed by atoms with Gasteiger partial charge in [0.2, 0.25) is 0 Å². The summed E-state index contributed by atoms with van der Waals surface area (Å²) in [7, 11) is 0. The fourth-order valence-electron chi connectivity index (χ4n) is 1.93. The van der Waals surface area contributed by atoms with Crippen molar-refractivity contribution in [2.75, 3.05) is 6.61 Å². The second-order valence-electron chi connectivity index (χ2n) is 4.08. The first-order chi connectivity index (χ1) is 6.99. The van der Waals surface area contributed by atoms with Crippen LogP contribution in [0.5, 0.6) is 5.75 Å². The second-order valence-corrected chi connectivity index (χ2v) is 4.08. The topological polar surface area (TPSA) is 35.2 Å². The maximum Gasteiger partial charge on any atom is 0.125 e. The van der Waals surface area contributed by atoms with Crippen molar-refractivity contribution in [1.29, 1.82) is 0 Å². The average molecular weight is 207 g/mol. The number of nitrogens with two attached hydrogens (primary N) is 1. The first kappa shape index (κ1) is 12.1. The molecule has 0 aromatic heterocycles. The molecule has 0 amide bonds. The van der Waals surface area contributed by atoms with E-state index in [2.05, 4.69) is 26.8 Å². The van der Waals surface area contributed by atoms with Gasteiger partial charge in [0.1, 0.15) is 5.75 Å². The maximum atomic E-state index is 5.94. The highest BCUT2D eigenvalue weighted by Crippen LogP contribution is 2.30. The minimum Gasteiger partial charge on any atom is -0.493 e.